The highest BCUT2D eigenvalue weighted by Crippen LogP contribution is 2.31. The molecule has 1 fully saturated rings. The number of carbonyl (C=O) groups is 3. The first-order valence-corrected chi connectivity index (χ1v) is 10.9. The number of carbonyl (C=O) groups excluding carboxylic acids is 3. The van der Waals surface area contributed by atoms with Gasteiger partial charge in [-0.25, -0.2) is 14.1 Å². The van der Waals surface area contributed by atoms with E-state index < -0.39 is 17.8 Å². The third kappa shape index (κ3) is 5.29. The van der Waals surface area contributed by atoms with Crippen molar-refractivity contribution in [3.8, 4) is 11.5 Å². The molecule has 0 unspecified atom stereocenters. The molecule has 1 saturated heterocycles. The third-order valence-electron chi connectivity index (χ3n) is 5.09. The van der Waals surface area contributed by atoms with Crippen LogP contribution in [0.2, 0.25) is 10.0 Å². The second-order valence-electron chi connectivity index (χ2n) is 7.38. The number of imide groups is 2. The molecule has 0 saturated carbocycles. The average Bonchev–Trinajstić information content (AvgIpc) is 2.84. The predicted molar refractivity (Wildman–Crippen MR) is 129 cm³/mol. The Hall–Kier alpha value is -3.88. The zero-order valence-electron chi connectivity index (χ0n) is 18.2. The zero-order chi connectivity index (χ0) is 25.1. The molecule has 3 aromatic carbocycles. The summed E-state index contributed by atoms with van der Waals surface area (Å²) < 4.78 is 24.3. The molecule has 0 aromatic heterocycles. The lowest BCUT2D eigenvalue weighted by atomic mass is 10.1. The molecular weight excluding hydrogens is 498 g/mol. The van der Waals surface area contributed by atoms with Crippen molar-refractivity contribution in [3.05, 3.63) is 93.2 Å². The Morgan fingerprint density at radius 1 is 0.971 bits per heavy atom. The van der Waals surface area contributed by atoms with Crippen molar-refractivity contribution in [3.63, 3.8) is 0 Å². The van der Waals surface area contributed by atoms with Gasteiger partial charge in [-0.05, 0) is 54.1 Å². The zero-order valence-corrected chi connectivity index (χ0v) is 19.7. The van der Waals surface area contributed by atoms with Crippen LogP contribution in [-0.4, -0.2) is 25.0 Å². The first-order valence-electron chi connectivity index (χ1n) is 10.2. The first kappa shape index (κ1) is 24.3. The smallest absolute Gasteiger partial charge is 0.335 e. The molecule has 0 radical (unpaired) electrons. The SMILES string of the molecule is COc1ccc(/C=C2\C(=O)NC(=O)N(c3ccc(Cl)c(Cl)c3)C2=O)c(OCc2ccc(F)cc2)c1. The summed E-state index contributed by atoms with van der Waals surface area (Å²) in [6.45, 7) is 0.0949. The van der Waals surface area contributed by atoms with Crippen LogP contribution in [-0.2, 0) is 16.2 Å². The van der Waals surface area contributed by atoms with Crippen molar-refractivity contribution in [2.45, 2.75) is 6.61 Å². The molecule has 4 amide bonds. The molecule has 1 N–H and O–H groups in total. The Bertz CT molecular complexity index is 1360. The number of rotatable bonds is 6. The van der Waals surface area contributed by atoms with E-state index in [0.29, 0.717) is 22.6 Å². The van der Waals surface area contributed by atoms with E-state index >= 15 is 0 Å². The molecule has 3 aromatic rings. The molecule has 10 heteroatoms. The van der Waals surface area contributed by atoms with Gasteiger partial charge in [0.15, 0.2) is 0 Å². The van der Waals surface area contributed by atoms with Crippen LogP contribution in [0.1, 0.15) is 11.1 Å². The van der Waals surface area contributed by atoms with Crippen LogP contribution in [0, 0.1) is 5.82 Å². The number of amides is 4. The minimum atomic E-state index is -0.918. The Labute approximate surface area is 209 Å². The summed E-state index contributed by atoms with van der Waals surface area (Å²) in [5.74, 6) is -1.30. The quantitative estimate of drug-likeness (QED) is 0.352. The lowest BCUT2D eigenvalue weighted by molar-refractivity contribution is -0.122. The van der Waals surface area contributed by atoms with Crippen molar-refractivity contribution in [2.75, 3.05) is 12.0 Å². The van der Waals surface area contributed by atoms with Gasteiger partial charge in [0.25, 0.3) is 11.8 Å². The maximum atomic E-state index is 13.2. The van der Waals surface area contributed by atoms with Gasteiger partial charge in [-0.3, -0.25) is 14.9 Å². The Balaban J connectivity index is 1.68. The summed E-state index contributed by atoms with van der Waals surface area (Å²) in [4.78, 5) is 39.0. The predicted octanol–water partition coefficient (Wildman–Crippen LogP) is 5.39. The average molecular weight is 515 g/mol. The van der Waals surface area contributed by atoms with Gasteiger partial charge in [-0.1, -0.05) is 35.3 Å². The van der Waals surface area contributed by atoms with E-state index in [1.807, 2.05) is 0 Å². The number of nitrogens with one attached hydrogen (secondary N) is 1. The minimum absolute atomic E-state index is 0.0949. The summed E-state index contributed by atoms with van der Waals surface area (Å²) in [7, 11) is 1.48. The number of urea groups is 1. The summed E-state index contributed by atoms with van der Waals surface area (Å²) in [6, 6.07) is 13.9. The van der Waals surface area contributed by atoms with Crippen LogP contribution in [0.15, 0.2) is 66.2 Å². The monoisotopic (exact) mass is 514 g/mol. The van der Waals surface area contributed by atoms with Crippen molar-refractivity contribution in [1.29, 1.82) is 0 Å². The highest BCUT2D eigenvalue weighted by Gasteiger charge is 2.37. The van der Waals surface area contributed by atoms with E-state index in [1.54, 1.807) is 30.3 Å². The molecule has 35 heavy (non-hydrogen) atoms. The molecule has 1 aliphatic heterocycles. The normalized spacial score (nSPS) is 14.8. The molecule has 4 rings (SSSR count). The maximum absolute atomic E-state index is 13.2. The summed E-state index contributed by atoms with van der Waals surface area (Å²) in [6.07, 6.45) is 1.31. The molecule has 178 valence electrons. The van der Waals surface area contributed by atoms with Crippen molar-refractivity contribution in [1.82, 2.24) is 5.32 Å². The summed E-state index contributed by atoms with van der Waals surface area (Å²) in [5.41, 5.74) is 0.931. The van der Waals surface area contributed by atoms with E-state index in [-0.39, 0.29) is 33.7 Å². The molecule has 0 aliphatic carbocycles. The second kappa shape index (κ2) is 10.2. The van der Waals surface area contributed by atoms with E-state index in [0.717, 1.165) is 4.90 Å². The Morgan fingerprint density at radius 2 is 1.71 bits per heavy atom. The molecule has 0 atom stereocenters. The highest BCUT2D eigenvalue weighted by atomic mass is 35.5. The van der Waals surface area contributed by atoms with Crippen LogP contribution < -0.4 is 19.7 Å². The van der Waals surface area contributed by atoms with Gasteiger partial charge in [0.2, 0.25) is 0 Å². The minimum Gasteiger partial charge on any atom is -0.497 e. The van der Waals surface area contributed by atoms with Gasteiger partial charge in [-0.2, -0.15) is 0 Å². The number of hydrogen-bond donors (Lipinski definition) is 1. The van der Waals surface area contributed by atoms with Crippen LogP contribution in [0.4, 0.5) is 14.9 Å². The van der Waals surface area contributed by atoms with E-state index in [9.17, 15) is 18.8 Å². The number of methoxy groups -OCH3 is 1. The molecule has 0 spiro atoms. The fraction of sp³-hybridized carbons (Fsp3) is 0.0800. The number of halogens is 3. The van der Waals surface area contributed by atoms with Crippen LogP contribution >= 0.6 is 23.2 Å². The molecule has 1 heterocycles. The van der Waals surface area contributed by atoms with Gasteiger partial charge in [0.1, 0.15) is 29.5 Å². The van der Waals surface area contributed by atoms with E-state index in [2.05, 4.69) is 5.32 Å². The molecule has 1 aliphatic rings. The number of ether oxygens (including phenoxy) is 2. The molecule has 7 nitrogen and oxygen atoms in total. The Morgan fingerprint density at radius 3 is 2.40 bits per heavy atom. The van der Waals surface area contributed by atoms with Gasteiger partial charge in [-0.15, -0.1) is 0 Å². The summed E-state index contributed by atoms with van der Waals surface area (Å²) >= 11 is 12.0. The molecular formula is C25H17Cl2FN2O5. The van der Waals surface area contributed by atoms with Crippen molar-refractivity contribution >= 4 is 52.8 Å². The highest BCUT2D eigenvalue weighted by molar-refractivity contribution is 6.43. The number of hydrogen-bond acceptors (Lipinski definition) is 5. The van der Waals surface area contributed by atoms with Gasteiger partial charge < -0.3 is 9.47 Å². The number of nitrogens with zero attached hydrogens (tertiary/aromatic N) is 1. The van der Waals surface area contributed by atoms with E-state index in [1.165, 1.54) is 43.5 Å². The largest absolute Gasteiger partial charge is 0.497 e. The van der Waals surface area contributed by atoms with Gasteiger partial charge >= 0.3 is 6.03 Å². The second-order valence-corrected chi connectivity index (χ2v) is 8.19. The van der Waals surface area contributed by atoms with Gasteiger partial charge in [0, 0.05) is 11.6 Å². The van der Waals surface area contributed by atoms with Gasteiger partial charge in [0.05, 0.1) is 22.8 Å². The van der Waals surface area contributed by atoms with Crippen molar-refractivity contribution < 1.29 is 28.2 Å². The fourth-order valence-corrected chi connectivity index (χ4v) is 3.59. The summed E-state index contributed by atoms with van der Waals surface area (Å²) in [5, 5.41) is 2.53. The van der Waals surface area contributed by atoms with Crippen LogP contribution in [0.5, 0.6) is 11.5 Å². The number of anilines is 1. The lowest BCUT2D eigenvalue weighted by Crippen LogP contribution is -2.54. The lowest BCUT2D eigenvalue weighted by Gasteiger charge is -2.26. The number of benzene rings is 3. The topological polar surface area (TPSA) is 84.9 Å². The Kier molecular flexibility index (Phi) is 7.04. The van der Waals surface area contributed by atoms with E-state index in [4.69, 9.17) is 32.7 Å². The van der Waals surface area contributed by atoms with Crippen LogP contribution in [0.3, 0.4) is 0 Å². The molecule has 0 bridgehead atoms. The standard InChI is InChI=1S/C25H17Cl2FN2O5/c1-34-18-8-4-15(22(12-18)35-13-14-2-5-16(28)6-3-14)10-19-23(31)29-25(33)30(24(19)32)17-7-9-20(26)21(27)11-17/h2-12H,13H2,1H3,(H,29,31,33)/b19-10+. The number of barbiturate groups is 1. The van der Waals surface area contributed by atoms with Crippen LogP contribution in [0.25, 0.3) is 6.08 Å². The maximum Gasteiger partial charge on any atom is 0.335 e. The first-order chi connectivity index (χ1) is 16.8. The van der Waals surface area contributed by atoms with Crippen molar-refractivity contribution in [2.24, 2.45) is 0 Å². The fourth-order valence-electron chi connectivity index (χ4n) is 3.30. The third-order valence-corrected chi connectivity index (χ3v) is 5.83.